The van der Waals surface area contributed by atoms with E-state index in [1.54, 1.807) is 4.90 Å². The third-order valence-electron chi connectivity index (χ3n) is 4.05. The zero-order valence-electron chi connectivity index (χ0n) is 12.9. The van der Waals surface area contributed by atoms with Gasteiger partial charge in [0.1, 0.15) is 6.61 Å². The van der Waals surface area contributed by atoms with Crippen molar-refractivity contribution in [3.8, 4) is 0 Å². The Kier molecular flexibility index (Phi) is 4.71. The number of carbonyl (C=O) groups is 2. The number of hydrogen-bond acceptors (Lipinski definition) is 3. The van der Waals surface area contributed by atoms with E-state index in [1.165, 1.54) is 0 Å². The molecule has 1 atom stereocenters. The van der Waals surface area contributed by atoms with E-state index in [0.717, 1.165) is 11.1 Å². The smallest absolute Gasteiger partial charge is 0.411 e. The Balaban J connectivity index is 1.67. The van der Waals surface area contributed by atoms with Crippen LogP contribution >= 0.6 is 0 Å². The number of amides is 1. The predicted molar refractivity (Wildman–Crippen MR) is 86.6 cm³/mol. The summed E-state index contributed by atoms with van der Waals surface area (Å²) < 4.78 is 5.40. The molecule has 1 amide bonds. The van der Waals surface area contributed by atoms with Crippen molar-refractivity contribution in [1.29, 1.82) is 0 Å². The van der Waals surface area contributed by atoms with Crippen molar-refractivity contribution in [3.63, 3.8) is 0 Å². The van der Waals surface area contributed by atoms with Gasteiger partial charge in [-0.25, -0.2) is 4.79 Å². The second-order valence-corrected chi connectivity index (χ2v) is 5.67. The first kappa shape index (κ1) is 15.3. The topological polar surface area (TPSA) is 46.6 Å². The van der Waals surface area contributed by atoms with Crippen LogP contribution in [0.3, 0.4) is 0 Å². The van der Waals surface area contributed by atoms with E-state index in [2.05, 4.69) is 0 Å². The highest BCUT2D eigenvalue weighted by Crippen LogP contribution is 2.24. The summed E-state index contributed by atoms with van der Waals surface area (Å²) in [7, 11) is 0. The molecule has 4 nitrogen and oxygen atoms in total. The van der Waals surface area contributed by atoms with Crippen molar-refractivity contribution < 1.29 is 14.3 Å². The van der Waals surface area contributed by atoms with Gasteiger partial charge in [-0.05, 0) is 17.5 Å². The van der Waals surface area contributed by atoms with Crippen molar-refractivity contribution in [3.05, 3.63) is 71.8 Å². The fraction of sp³-hybridized carbons (Fsp3) is 0.263. The fourth-order valence-electron chi connectivity index (χ4n) is 2.61. The maximum Gasteiger partial charge on any atom is 0.411 e. The van der Waals surface area contributed by atoms with Crippen LogP contribution in [-0.4, -0.2) is 22.8 Å². The highest BCUT2D eigenvalue weighted by atomic mass is 16.6. The second kappa shape index (κ2) is 7.09. The molecule has 1 aliphatic rings. The summed E-state index contributed by atoms with van der Waals surface area (Å²) in [6, 6.07) is 18.8. The van der Waals surface area contributed by atoms with Gasteiger partial charge < -0.3 is 4.74 Å². The lowest BCUT2D eigenvalue weighted by atomic mass is 9.89. The molecule has 0 spiro atoms. The molecule has 1 saturated carbocycles. The minimum Gasteiger partial charge on any atom is -0.445 e. The van der Waals surface area contributed by atoms with Crippen molar-refractivity contribution in [2.75, 3.05) is 0 Å². The molecule has 0 N–H and O–H groups in total. The van der Waals surface area contributed by atoms with Crippen LogP contribution in [0.4, 0.5) is 4.79 Å². The van der Waals surface area contributed by atoms with Gasteiger partial charge in [-0.2, -0.15) is 0 Å². The van der Waals surface area contributed by atoms with Crippen molar-refractivity contribution in [2.24, 2.45) is 0 Å². The van der Waals surface area contributed by atoms with Crippen LogP contribution in [0.25, 0.3) is 0 Å². The first-order valence-electron chi connectivity index (χ1n) is 7.78. The predicted octanol–water partition coefficient (Wildman–Crippen LogP) is 3.56. The maximum atomic E-state index is 12.5. The average molecular weight is 309 g/mol. The first-order chi connectivity index (χ1) is 11.2. The first-order valence-corrected chi connectivity index (χ1v) is 7.78. The number of nitrogens with zero attached hydrogens (tertiary/aromatic N) is 1. The molecule has 1 aliphatic carbocycles. The maximum absolute atomic E-state index is 12.5. The lowest BCUT2D eigenvalue weighted by Gasteiger charge is -2.35. The Morgan fingerprint density at radius 1 is 1.00 bits per heavy atom. The molecule has 3 rings (SSSR count). The van der Waals surface area contributed by atoms with Gasteiger partial charge in [-0.1, -0.05) is 60.7 Å². The molecule has 0 bridgehead atoms. The molecule has 23 heavy (non-hydrogen) atoms. The Bertz CT molecular complexity index is 670. The number of hydrogen-bond donors (Lipinski definition) is 0. The monoisotopic (exact) mass is 309 g/mol. The van der Waals surface area contributed by atoms with Gasteiger partial charge >= 0.3 is 6.09 Å². The lowest BCUT2D eigenvalue weighted by Crippen LogP contribution is -2.50. The highest BCUT2D eigenvalue weighted by Gasteiger charge is 2.37. The summed E-state index contributed by atoms with van der Waals surface area (Å²) in [6.07, 6.45) is 0.823. The van der Waals surface area contributed by atoms with Gasteiger partial charge in [0.2, 0.25) is 0 Å². The molecule has 1 fully saturated rings. The van der Waals surface area contributed by atoms with E-state index in [9.17, 15) is 9.59 Å². The molecule has 0 aromatic heterocycles. The third-order valence-corrected chi connectivity index (χ3v) is 4.05. The normalized spacial score (nSPS) is 16.5. The molecule has 2 aromatic carbocycles. The number of Topliss-reactive ketones (excluding diaryl/α,β-unsaturated/α-hetero) is 1. The molecule has 2 aromatic rings. The average Bonchev–Trinajstić information content (AvgIpc) is 2.59. The van der Waals surface area contributed by atoms with E-state index in [-0.39, 0.29) is 18.4 Å². The van der Waals surface area contributed by atoms with E-state index in [0.29, 0.717) is 19.4 Å². The molecule has 0 heterocycles. The van der Waals surface area contributed by atoms with Crippen LogP contribution in [0.2, 0.25) is 0 Å². The van der Waals surface area contributed by atoms with Crippen LogP contribution in [0.15, 0.2) is 60.7 Å². The van der Waals surface area contributed by atoms with Crippen LogP contribution in [0.1, 0.15) is 24.0 Å². The fourth-order valence-corrected chi connectivity index (χ4v) is 2.61. The third kappa shape index (κ3) is 3.77. The van der Waals surface area contributed by atoms with E-state index in [1.807, 2.05) is 60.7 Å². The van der Waals surface area contributed by atoms with Crippen molar-refractivity contribution >= 4 is 11.9 Å². The zero-order valence-corrected chi connectivity index (χ0v) is 12.9. The second-order valence-electron chi connectivity index (χ2n) is 5.67. The van der Waals surface area contributed by atoms with Gasteiger partial charge in [0, 0.05) is 13.0 Å². The molecular formula is C19H19NO3. The molecular weight excluding hydrogens is 290 g/mol. The zero-order chi connectivity index (χ0) is 16.1. The largest absolute Gasteiger partial charge is 0.445 e. The summed E-state index contributed by atoms with van der Waals surface area (Å²) >= 11 is 0. The minimum absolute atomic E-state index is 0.109. The molecule has 0 radical (unpaired) electrons. The van der Waals surface area contributed by atoms with E-state index < -0.39 is 6.09 Å². The SMILES string of the molecule is O=C1CCC1N(Cc1ccccc1)C(=O)OCc1ccccc1. The van der Waals surface area contributed by atoms with Crippen LogP contribution in [0, 0.1) is 0 Å². The molecule has 118 valence electrons. The molecule has 0 aliphatic heterocycles. The van der Waals surface area contributed by atoms with Gasteiger partial charge in [0.15, 0.2) is 5.78 Å². The van der Waals surface area contributed by atoms with Gasteiger partial charge in [0.05, 0.1) is 6.04 Å². The van der Waals surface area contributed by atoms with E-state index >= 15 is 0 Å². The van der Waals surface area contributed by atoms with Gasteiger partial charge in [-0.3, -0.25) is 9.69 Å². The molecule has 4 heteroatoms. The quantitative estimate of drug-likeness (QED) is 0.848. The summed E-state index contributed by atoms with van der Waals surface area (Å²) in [6.45, 7) is 0.608. The van der Waals surface area contributed by atoms with Crippen LogP contribution in [-0.2, 0) is 22.7 Å². The van der Waals surface area contributed by atoms with Gasteiger partial charge in [0.25, 0.3) is 0 Å². The van der Waals surface area contributed by atoms with Crippen LogP contribution in [0.5, 0.6) is 0 Å². The Morgan fingerprint density at radius 3 is 2.13 bits per heavy atom. The van der Waals surface area contributed by atoms with Crippen molar-refractivity contribution in [2.45, 2.75) is 32.0 Å². The summed E-state index contributed by atoms with van der Waals surface area (Å²) in [5.41, 5.74) is 1.92. The molecule has 0 saturated heterocycles. The summed E-state index contributed by atoms with van der Waals surface area (Å²) in [4.78, 5) is 25.8. The standard InChI is InChI=1S/C19H19NO3/c21-18-12-11-17(18)20(13-15-7-3-1-4-8-15)19(22)23-14-16-9-5-2-6-10-16/h1-10,17H,11-14H2. The number of rotatable bonds is 5. The van der Waals surface area contributed by atoms with Crippen LogP contribution < -0.4 is 0 Å². The summed E-state index contributed by atoms with van der Waals surface area (Å²) in [5, 5.41) is 0. The van der Waals surface area contributed by atoms with Crippen molar-refractivity contribution in [1.82, 2.24) is 4.90 Å². The number of benzene rings is 2. The Labute approximate surface area is 135 Å². The minimum atomic E-state index is -0.434. The number of carbonyl (C=O) groups excluding carboxylic acids is 2. The van der Waals surface area contributed by atoms with E-state index in [4.69, 9.17) is 4.74 Å². The Hall–Kier alpha value is -2.62. The highest BCUT2D eigenvalue weighted by molar-refractivity contribution is 5.92. The lowest BCUT2D eigenvalue weighted by molar-refractivity contribution is -0.130. The summed E-state index contributed by atoms with van der Waals surface area (Å²) in [5.74, 6) is 0.109. The number of ether oxygens (including phenoxy) is 1. The van der Waals surface area contributed by atoms with Gasteiger partial charge in [-0.15, -0.1) is 0 Å². The Morgan fingerprint density at radius 2 is 1.61 bits per heavy atom. The molecule has 1 unspecified atom stereocenters. The number of ketones is 1.